The molecular formula is C21H18N4O2. The largest absolute Gasteiger partial charge is 0.494 e. The third kappa shape index (κ3) is 3.17. The average Bonchev–Trinajstić information content (AvgIpc) is 3.09. The molecular weight excluding hydrogens is 340 g/mol. The molecule has 0 amide bonds. The predicted molar refractivity (Wildman–Crippen MR) is 102 cm³/mol. The van der Waals surface area contributed by atoms with Crippen LogP contribution in [0.5, 0.6) is 5.75 Å². The number of hydrogen-bond donors (Lipinski definition) is 0. The lowest BCUT2D eigenvalue weighted by Gasteiger charge is -2.08. The molecule has 0 saturated carbocycles. The molecule has 6 heteroatoms. The van der Waals surface area contributed by atoms with Crippen LogP contribution in [0.4, 0.5) is 0 Å². The highest BCUT2D eigenvalue weighted by Gasteiger charge is 2.19. The van der Waals surface area contributed by atoms with E-state index in [1.54, 1.807) is 11.8 Å². The maximum absolute atomic E-state index is 12.8. The molecule has 6 nitrogen and oxygen atoms in total. The number of carbonyl (C=O) groups excluding carboxylic acids is 1. The Kier molecular flexibility index (Phi) is 4.38. The minimum absolute atomic E-state index is 0.114. The second kappa shape index (κ2) is 6.99. The molecule has 2 heterocycles. The Morgan fingerprint density at radius 3 is 2.67 bits per heavy atom. The van der Waals surface area contributed by atoms with E-state index in [9.17, 15) is 4.79 Å². The van der Waals surface area contributed by atoms with Crippen LogP contribution < -0.4 is 4.74 Å². The molecule has 27 heavy (non-hydrogen) atoms. The van der Waals surface area contributed by atoms with E-state index in [-0.39, 0.29) is 12.2 Å². The predicted octanol–water partition coefficient (Wildman–Crippen LogP) is 3.56. The van der Waals surface area contributed by atoms with Crippen molar-refractivity contribution in [2.75, 3.05) is 7.11 Å². The van der Waals surface area contributed by atoms with Crippen LogP contribution in [0.1, 0.15) is 21.9 Å². The van der Waals surface area contributed by atoms with Crippen molar-refractivity contribution in [3.63, 3.8) is 0 Å². The van der Waals surface area contributed by atoms with Crippen molar-refractivity contribution in [3.8, 4) is 11.4 Å². The van der Waals surface area contributed by atoms with Gasteiger partial charge in [0.15, 0.2) is 11.5 Å². The van der Waals surface area contributed by atoms with Gasteiger partial charge in [0.25, 0.3) is 0 Å². The van der Waals surface area contributed by atoms with E-state index in [0.717, 1.165) is 16.6 Å². The molecule has 0 saturated heterocycles. The molecule has 0 fully saturated rings. The molecule has 0 radical (unpaired) electrons. The van der Waals surface area contributed by atoms with Gasteiger partial charge in [-0.15, -0.1) is 5.10 Å². The van der Waals surface area contributed by atoms with Gasteiger partial charge in [-0.05, 0) is 31.2 Å². The van der Waals surface area contributed by atoms with Crippen LogP contribution in [0.25, 0.3) is 16.6 Å². The Hall–Kier alpha value is -3.54. The third-order valence-electron chi connectivity index (χ3n) is 4.47. The molecule has 0 unspecified atom stereocenters. The lowest BCUT2D eigenvalue weighted by Crippen LogP contribution is -2.08. The molecule has 4 rings (SSSR count). The maximum Gasteiger partial charge on any atom is 0.190 e. The monoisotopic (exact) mass is 358 g/mol. The number of Topliss-reactive ketones (excluding diaryl/α,β-unsaturated/α-hetero) is 1. The fraction of sp³-hybridized carbons (Fsp3) is 0.143. The first-order valence-electron chi connectivity index (χ1n) is 8.61. The zero-order valence-electron chi connectivity index (χ0n) is 15.1. The van der Waals surface area contributed by atoms with E-state index in [1.165, 1.54) is 0 Å². The Balaban J connectivity index is 1.63. The Morgan fingerprint density at radius 2 is 1.81 bits per heavy atom. The fourth-order valence-corrected chi connectivity index (χ4v) is 3.08. The number of pyridine rings is 1. The summed E-state index contributed by atoms with van der Waals surface area (Å²) in [6, 6.07) is 19.2. The number of benzene rings is 2. The number of fused-ring (bicyclic) bond motifs is 1. The zero-order valence-corrected chi connectivity index (χ0v) is 15.1. The van der Waals surface area contributed by atoms with E-state index in [2.05, 4.69) is 15.3 Å². The van der Waals surface area contributed by atoms with Crippen LogP contribution in [0.3, 0.4) is 0 Å². The SMILES string of the molecule is COc1ccccc1-n1nnc(C(=O)Cc2ccc3ccccc3n2)c1C. The number of para-hydroxylation sites is 3. The van der Waals surface area contributed by atoms with Gasteiger partial charge in [-0.25, -0.2) is 4.68 Å². The smallest absolute Gasteiger partial charge is 0.190 e. The van der Waals surface area contributed by atoms with Crippen molar-refractivity contribution in [2.24, 2.45) is 0 Å². The third-order valence-corrected chi connectivity index (χ3v) is 4.47. The van der Waals surface area contributed by atoms with Gasteiger partial charge in [-0.1, -0.05) is 41.6 Å². The fourth-order valence-electron chi connectivity index (χ4n) is 3.08. The molecule has 134 valence electrons. The quantitative estimate of drug-likeness (QED) is 0.510. The number of rotatable bonds is 5. The first kappa shape index (κ1) is 16.9. The van der Waals surface area contributed by atoms with Gasteiger partial charge in [0.1, 0.15) is 11.4 Å². The van der Waals surface area contributed by atoms with Gasteiger partial charge in [-0.3, -0.25) is 9.78 Å². The number of ether oxygens (including phenoxy) is 1. The molecule has 0 aliphatic heterocycles. The number of hydrogen-bond acceptors (Lipinski definition) is 5. The Labute approximate surface area is 156 Å². The summed E-state index contributed by atoms with van der Waals surface area (Å²) >= 11 is 0. The van der Waals surface area contributed by atoms with Crippen LogP contribution in [0, 0.1) is 6.92 Å². The molecule has 0 atom stereocenters. The summed E-state index contributed by atoms with van der Waals surface area (Å²) in [4.78, 5) is 17.3. The van der Waals surface area contributed by atoms with Gasteiger partial charge >= 0.3 is 0 Å². The van der Waals surface area contributed by atoms with Crippen LogP contribution in [0.15, 0.2) is 60.7 Å². The standard InChI is InChI=1S/C21H18N4O2/c1-14-21(23-24-25(14)18-9-5-6-10-20(18)27-2)19(26)13-16-12-11-15-7-3-4-8-17(15)22-16/h3-12H,13H2,1-2H3. The summed E-state index contributed by atoms with van der Waals surface area (Å²) in [6.45, 7) is 1.83. The molecule has 0 spiro atoms. The van der Waals surface area contributed by atoms with E-state index < -0.39 is 0 Å². The van der Waals surface area contributed by atoms with Crippen LogP contribution >= 0.6 is 0 Å². The first-order chi connectivity index (χ1) is 13.2. The normalized spacial score (nSPS) is 10.9. The van der Waals surface area contributed by atoms with Gasteiger partial charge in [0.05, 0.1) is 24.7 Å². The van der Waals surface area contributed by atoms with E-state index in [1.807, 2.05) is 67.6 Å². The summed E-state index contributed by atoms with van der Waals surface area (Å²) in [7, 11) is 1.60. The average molecular weight is 358 g/mol. The molecule has 4 aromatic rings. The van der Waals surface area contributed by atoms with Crippen LogP contribution in [-0.2, 0) is 6.42 Å². The second-order valence-corrected chi connectivity index (χ2v) is 6.20. The number of nitrogens with zero attached hydrogens (tertiary/aromatic N) is 4. The van der Waals surface area contributed by atoms with Crippen molar-refractivity contribution in [3.05, 3.63) is 77.7 Å². The number of methoxy groups -OCH3 is 1. The van der Waals surface area contributed by atoms with Crippen LogP contribution in [0.2, 0.25) is 0 Å². The van der Waals surface area contributed by atoms with Crippen molar-refractivity contribution >= 4 is 16.7 Å². The van der Waals surface area contributed by atoms with Gasteiger partial charge in [-0.2, -0.15) is 0 Å². The van der Waals surface area contributed by atoms with E-state index in [4.69, 9.17) is 4.74 Å². The zero-order chi connectivity index (χ0) is 18.8. The summed E-state index contributed by atoms with van der Waals surface area (Å²) in [5, 5.41) is 9.31. The number of carbonyl (C=O) groups is 1. The van der Waals surface area contributed by atoms with Crippen molar-refractivity contribution in [1.29, 1.82) is 0 Å². The number of ketones is 1. The summed E-state index contributed by atoms with van der Waals surface area (Å²) in [5.41, 5.74) is 3.34. The highest BCUT2D eigenvalue weighted by Crippen LogP contribution is 2.23. The van der Waals surface area contributed by atoms with Crippen molar-refractivity contribution in [1.82, 2.24) is 20.0 Å². The van der Waals surface area contributed by atoms with E-state index in [0.29, 0.717) is 22.8 Å². The van der Waals surface area contributed by atoms with Crippen molar-refractivity contribution < 1.29 is 9.53 Å². The summed E-state index contributed by atoms with van der Waals surface area (Å²) < 4.78 is 7.00. The molecule has 2 aromatic heterocycles. The second-order valence-electron chi connectivity index (χ2n) is 6.20. The summed E-state index contributed by atoms with van der Waals surface area (Å²) in [5.74, 6) is 0.553. The molecule has 2 aromatic carbocycles. The molecule has 0 bridgehead atoms. The van der Waals surface area contributed by atoms with E-state index >= 15 is 0 Å². The first-order valence-corrected chi connectivity index (χ1v) is 8.61. The number of aromatic nitrogens is 4. The molecule has 0 aliphatic rings. The highest BCUT2D eigenvalue weighted by atomic mass is 16.5. The molecule has 0 aliphatic carbocycles. The van der Waals surface area contributed by atoms with Gasteiger partial charge in [0.2, 0.25) is 0 Å². The summed E-state index contributed by atoms with van der Waals surface area (Å²) in [6.07, 6.45) is 0.177. The lowest BCUT2D eigenvalue weighted by atomic mass is 10.1. The van der Waals surface area contributed by atoms with Gasteiger partial charge < -0.3 is 4.74 Å². The minimum Gasteiger partial charge on any atom is -0.494 e. The maximum atomic E-state index is 12.8. The lowest BCUT2D eigenvalue weighted by molar-refractivity contribution is 0.0986. The van der Waals surface area contributed by atoms with Crippen molar-refractivity contribution in [2.45, 2.75) is 13.3 Å². The topological polar surface area (TPSA) is 69.9 Å². The minimum atomic E-state index is -0.114. The van der Waals surface area contributed by atoms with Crippen LogP contribution in [-0.4, -0.2) is 32.9 Å². The highest BCUT2D eigenvalue weighted by molar-refractivity contribution is 5.96. The Bertz CT molecular complexity index is 1130. The van der Waals surface area contributed by atoms with Gasteiger partial charge in [0, 0.05) is 11.1 Å². The Morgan fingerprint density at radius 1 is 1.04 bits per heavy atom. The molecule has 0 N–H and O–H groups in total.